The third kappa shape index (κ3) is 2.10. The Labute approximate surface area is 35.1 Å². The van der Waals surface area contributed by atoms with Crippen molar-refractivity contribution in [3.05, 3.63) is 0 Å². The second-order valence-electron chi connectivity index (χ2n) is 0.796. The van der Waals surface area contributed by atoms with Gasteiger partial charge in [-0.3, -0.25) is 0 Å². The molecular weight excluding hydrogens is 86.0 g/mol. The Morgan fingerprint density at radius 1 is 1.83 bits per heavy atom. The highest BCUT2D eigenvalue weighted by Gasteiger charge is 1.93. The van der Waals surface area contributed by atoms with Gasteiger partial charge in [0.1, 0.15) is 0 Å². The standard InChI is InChI=1S/C2H7NO3/c3-1-2(4)6-5/h2,4-5H,1,3H2. The Morgan fingerprint density at radius 2 is 2.33 bits per heavy atom. The monoisotopic (exact) mass is 93.0 g/mol. The first-order valence-corrected chi connectivity index (χ1v) is 1.49. The summed E-state index contributed by atoms with van der Waals surface area (Å²) in [5.74, 6) is 0. The highest BCUT2D eigenvalue weighted by molar-refractivity contribution is 4.30. The summed E-state index contributed by atoms with van der Waals surface area (Å²) in [5.41, 5.74) is 4.75. The molecule has 0 bridgehead atoms. The van der Waals surface area contributed by atoms with E-state index in [2.05, 4.69) is 4.89 Å². The summed E-state index contributed by atoms with van der Waals surface area (Å²) in [6.07, 6.45) is -1.23. The van der Waals surface area contributed by atoms with Crippen LogP contribution in [0.25, 0.3) is 0 Å². The normalized spacial score (nSPS) is 14.5. The van der Waals surface area contributed by atoms with Gasteiger partial charge in [-0.15, -0.1) is 0 Å². The molecule has 0 spiro atoms. The molecule has 0 aromatic carbocycles. The van der Waals surface area contributed by atoms with Crippen molar-refractivity contribution in [2.45, 2.75) is 6.29 Å². The van der Waals surface area contributed by atoms with Crippen LogP contribution in [0, 0.1) is 0 Å². The molecule has 0 amide bonds. The van der Waals surface area contributed by atoms with E-state index in [4.69, 9.17) is 16.1 Å². The molecule has 4 nitrogen and oxygen atoms in total. The fourth-order valence-electron chi connectivity index (χ4n) is 0.0430. The summed E-state index contributed by atoms with van der Waals surface area (Å²) in [4.78, 5) is 3.33. The van der Waals surface area contributed by atoms with Crippen LogP contribution in [0.4, 0.5) is 0 Å². The van der Waals surface area contributed by atoms with Crippen LogP contribution in [-0.4, -0.2) is 23.2 Å². The maximum absolute atomic E-state index is 8.07. The molecule has 1 unspecified atom stereocenters. The van der Waals surface area contributed by atoms with Crippen molar-refractivity contribution < 1.29 is 15.3 Å². The summed E-state index contributed by atoms with van der Waals surface area (Å²) >= 11 is 0. The maximum atomic E-state index is 8.07. The Balaban J connectivity index is 2.75. The Morgan fingerprint density at radius 3 is 2.33 bits per heavy atom. The van der Waals surface area contributed by atoms with E-state index in [9.17, 15) is 0 Å². The molecule has 0 saturated heterocycles. The van der Waals surface area contributed by atoms with Crippen LogP contribution in [0.15, 0.2) is 0 Å². The summed E-state index contributed by atoms with van der Waals surface area (Å²) in [6.45, 7) is -0.0868. The topological polar surface area (TPSA) is 75.7 Å². The lowest BCUT2D eigenvalue weighted by Gasteiger charge is -1.97. The minimum Gasteiger partial charge on any atom is -0.365 e. The molecule has 4 heteroatoms. The Kier molecular flexibility index (Phi) is 2.97. The van der Waals surface area contributed by atoms with Crippen LogP contribution < -0.4 is 5.73 Å². The second kappa shape index (κ2) is 3.05. The second-order valence-corrected chi connectivity index (χ2v) is 0.796. The summed E-state index contributed by atoms with van der Waals surface area (Å²) in [6, 6.07) is 0. The molecule has 0 saturated carbocycles. The van der Waals surface area contributed by atoms with Crippen LogP contribution in [0.2, 0.25) is 0 Å². The van der Waals surface area contributed by atoms with E-state index >= 15 is 0 Å². The van der Waals surface area contributed by atoms with Gasteiger partial charge in [0.15, 0.2) is 0 Å². The first-order valence-electron chi connectivity index (χ1n) is 1.49. The summed E-state index contributed by atoms with van der Waals surface area (Å²) in [7, 11) is 0. The smallest absolute Gasteiger partial charge is 0.200 e. The van der Waals surface area contributed by atoms with E-state index in [0.717, 1.165) is 0 Å². The molecule has 1 atom stereocenters. The molecule has 0 aromatic rings. The molecule has 0 heterocycles. The van der Waals surface area contributed by atoms with E-state index in [1.165, 1.54) is 0 Å². The molecule has 38 valence electrons. The van der Waals surface area contributed by atoms with E-state index < -0.39 is 6.29 Å². The quantitative estimate of drug-likeness (QED) is 0.226. The molecule has 0 aliphatic rings. The van der Waals surface area contributed by atoms with Gasteiger partial charge in [-0.25, -0.2) is 10.1 Å². The van der Waals surface area contributed by atoms with Crippen LogP contribution >= 0.6 is 0 Å². The van der Waals surface area contributed by atoms with Crippen molar-refractivity contribution in [1.82, 2.24) is 0 Å². The van der Waals surface area contributed by atoms with E-state index in [1.54, 1.807) is 0 Å². The van der Waals surface area contributed by atoms with Crippen molar-refractivity contribution in [2.75, 3.05) is 6.54 Å². The van der Waals surface area contributed by atoms with Crippen LogP contribution in [0.3, 0.4) is 0 Å². The van der Waals surface area contributed by atoms with Gasteiger partial charge in [0.25, 0.3) is 0 Å². The highest BCUT2D eigenvalue weighted by Crippen LogP contribution is 1.72. The Bertz CT molecular complexity index is 28.0. The van der Waals surface area contributed by atoms with Crippen molar-refractivity contribution in [3.8, 4) is 0 Å². The molecule has 0 aliphatic heterocycles. The number of hydrogen-bond acceptors (Lipinski definition) is 4. The molecule has 4 N–H and O–H groups in total. The zero-order valence-electron chi connectivity index (χ0n) is 3.16. The first-order chi connectivity index (χ1) is 2.81. The number of aliphatic hydroxyl groups is 1. The summed E-state index contributed by atoms with van der Waals surface area (Å²) < 4.78 is 0. The van der Waals surface area contributed by atoms with Crippen LogP contribution in [0.5, 0.6) is 0 Å². The lowest BCUT2D eigenvalue weighted by molar-refractivity contribution is -0.329. The van der Waals surface area contributed by atoms with Gasteiger partial charge in [0, 0.05) is 6.54 Å². The third-order valence-corrected chi connectivity index (χ3v) is 0.323. The largest absolute Gasteiger partial charge is 0.365 e. The number of aliphatic hydroxyl groups excluding tert-OH is 1. The summed E-state index contributed by atoms with van der Waals surface area (Å²) in [5, 5.41) is 15.6. The maximum Gasteiger partial charge on any atom is 0.200 e. The number of rotatable bonds is 2. The molecule has 0 fully saturated rings. The predicted octanol–water partition coefficient (Wildman–Crippen LogP) is -1.25. The van der Waals surface area contributed by atoms with Gasteiger partial charge in [-0.1, -0.05) is 0 Å². The zero-order chi connectivity index (χ0) is 4.99. The lowest BCUT2D eigenvalue weighted by atomic mass is 10.7. The molecule has 0 radical (unpaired) electrons. The SMILES string of the molecule is NCC(O)OO. The van der Waals surface area contributed by atoms with Crippen molar-refractivity contribution >= 4 is 0 Å². The van der Waals surface area contributed by atoms with Crippen LogP contribution in [0.1, 0.15) is 0 Å². The first kappa shape index (κ1) is 5.84. The van der Waals surface area contributed by atoms with Gasteiger partial charge in [0.05, 0.1) is 0 Å². The molecule has 0 aromatic heterocycles. The highest BCUT2D eigenvalue weighted by atomic mass is 17.1. The van der Waals surface area contributed by atoms with Gasteiger partial charge in [0.2, 0.25) is 6.29 Å². The number of hydrogen-bond donors (Lipinski definition) is 3. The predicted molar refractivity (Wildman–Crippen MR) is 18.8 cm³/mol. The zero-order valence-corrected chi connectivity index (χ0v) is 3.16. The van der Waals surface area contributed by atoms with Gasteiger partial charge in [-0.05, 0) is 0 Å². The molecule has 6 heavy (non-hydrogen) atoms. The van der Waals surface area contributed by atoms with E-state index in [0.29, 0.717) is 0 Å². The van der Waals surface area contributed by atoms with Crippen LogP contribution in [-0.2, 0) is 4.89 Å². The average molecular weight is 93.1 g/mol. The fourth-order valence-corrected chi connectivity index (χ4v) is 0.0430. The lowest BCUT2D eigenvalue weighted by Crippen LogP contribution is -2.21. The van der Waals surface area contributed by atoms with Gasteiger partial charge >= 0.3 is 0 Å². The van der Waals surface area contributed by atoms with Crippen molar-refractivity contribution in [3.63, 3.8) is 0 Å². The molecular formula is C2H7NO3. The minimum absolute atomic E-state index is 0.0868. The van der Waals surface area contributed by atoms with Gasteiger partial charge < -0.3 is 10.8 Å². The van der Waals surface area contributed by atoms with E-state index in [-0.39, 0.29) is 6.54 Å². The average Bonchev–Trinajstić information content (AvgIpc) is 1.65. The fraction of sp³-hybridized carbons (Fsp3) is 1.00. The third-order valence-electron chi connectivity index (χ3n) is 0.323. The van der Waals surface area contributed by atoms with Crippen molar-refractivity contribution in [2.24, 2.45) is 5.73 Å². The van der Waals surface area contributed by atoms with Crippen molar-refractivity contribution in [1.29, 1.82) is 0 Å². The Hall–Kier alpha value is -0.160. The molecule has 0 aliphatic carbocycles. The number of nitrogens with two attached hydrogens (primary N) is 1. The molecule has 0 rings (SSSR count). The van der Waals surface area contributed by atoms with Gasteiger partial charge in [-0.2, -0.15) is 0 Å². The van der Waals surface area contributed by atoms with E-state index in [1.807, 2.05) is 0 Å². The minimum atomic E-state index is -1.23.